The van der Waals surface area contributed by atoms with Gasteiger partial charge in [-0.2, -0.15) is 0 Å². The topological polar surface area (TPSA) is 60.7 Å². The van der Waals surface area contributed by atoms with E-state index in [9.17, 15) is 9.59 Å². The molecule has 3 aromatic heterocycles. The van der Waals surface area contributed by atoms with Crippen LogP contribution in [0.1, 0.15) is 46.1 Å². The fourth-order valence-electron chi connectivity index (χ4n) is 2.48. The first-order valence-electron chi connectivity index (χ1n) is 7.86. The molecule has 0 atom stereocenters. The molecule has 0 aliphatic carbocycles. The van der Waals surface area contributed by atoms with Gasteiger partial charge in [0.25, 0.3) is 5.56 Å². The largest absolute Gasteiger partial charge is 0.455 e. The highest BCUT2D eigenvalue weighted by Gasteiger charge is 2.15. The Hall–Kier alpha value is -1.99. The van der Waals surface area contributed by atoms with Crippen LogP contribution in [0.4, 0.5) is 0 Å². The smallest absolute Gasteiger partial charge is 0.348 e. The normalized spacial score (nSPS) is 11.1. The van der Waals surface area contributed by atoms with Crippen LogP contribution >= 0.6 is 22.7 Å². The molecule has 0 aliphatic heterocycles. The highest BCUT2D eigenvalue weighted by Crippen LogP contribution is 2.25. The molecule has 0 aromatic carbocycles. The summed E-state index contributed by atoms with van der Waals surface area (Å²) in [5.74, 6) is -0.356. The molecule has 126 valence electrons. The Balaban J connectivity index is 1.73. The third kappa shape index (κ3) is 3.42. The number of thiazole rings is 1. The van der Waals surface area contributed by atoms with Crippen LogP contribution in [0.15, 0.2) is 28.5 Å². The molecule has 0 saturated carbocycles. The van der Waals surface area contributed by atoms with E-state index in [4.69, 9.17) is 4.74 Å². The maximum Gasteiger partial charge on any atom is 0.348 e. The zero-order valence-electron chi connectivity index (χ0n) is 13.6. The van der Waals surface area contributed by atoms with Crippen molar-refractivity contribution in [2.45, 2.75) is 39.7 Å². The van der Waals surface area contributed by atoms with E-state index in [2.05, 4.69) is 18.8 Å². The number of hydrogen-bond acceptors (Lipinski definition) is 6. The number of thiophene rings is 1. The summed E-state index contributed by atoms with van der Waals surface area (Å²) >= 11 is 2.87. The minimum absolute atomic E-state index is 0.00490. The predicted octanol–water partition coefficient (Wildman–Crippen LogP) is 3.69. The van der Waals surface area contributed by atoms with Crippen LogP contribution in [0.2, 0.25) is 0 Å². The minimum Gasteiger partial charge on any atom is -0.455 e. The van der Waals surface area contributed by atoms with Gasteiger partial charge in [-0.3, -0.25) is 9.20 Å². The van der Waals surface area contributed by atoms with E-state index in [1.54, 1.807) is 11.6 Å². The summed E-state index contributed by atoms with van der Waals surface area (Å²) in [6, 6.07) is 3.32. The van der Waals surface area contributed by atoms with Gasteiger partial charge in [0.15, 0.2) is 4.96 Å². The molecule has 0 spiro atoms. The lowest BCUT2D eigenvalue weighted by Crippen LogP contribution is -2.14. The average Bonchev–Trinajstić information content (AvgIpc) is 3.20. The summed E-state index contributed by atoms with van der Waals surface area (Å²) in [5.41, 5.74) is 1.52. The van der Waals surface area contributed by atoms with Crippen LogP contribution in [0.25, 0.3) is 4.96 Å². The third-order valence-electron chi connectivity index (χ3n) is 3.66. The first-order valence-corrected chi connectivity index (χ1v) is 9.56. The Kier molecular flexibility index (Phi) is 5.11. The maximum atomic E-state index is 12.3. The fourth-order valence-corrected chi connectivity index (χ4v) is 4.47. The lowest BCUT2D eigenvalue weighted by atomic mass is 10.1. The molecule has 3 aromatic rings. The van der Waals surface area contributed by atoms with E-state index >= 15 is 0 Å². The molecular weight excluding hydrogens is 344 g/mol. The molecule has 0 N–H and O–H groups in total. The van der Waals surface area contributed by atoms with E-state index < -0.39 is 0 Å². The number of nitrogens with zero attached hydrogens (tertiary/aromatic N) is 2. The molecule has 0 fully saturated rings. The van der Waals surface area contributed by atoms with Gasteiger partial charge in [0.1, 0.15) is 11.5 Å². The average molecular weight is 362 g/mol. The zero-order valence-corrected chi connectivity index (χ0v) is 15.2. The second-order valence-electron chi connectivity index (χ2n) is 5.38. The van der Waals surface area contributed by atoms with Gasteiger partial charge in [0.2, 0.25) is 0 Å². The second kappa shape index (κ2) is 7.27. The highest BCUT2D eigenvalue weighted by molar-refractivity contribution is 7.15. The van der Waals surface area contributed by atoms with Crippen molar-refractivity contribution in [3.05, 3.63) is 55.1 Å². The predicted molar refractivity (Wildman–Crippen MR) is 96.2 cm³/mol. The van der Waals surface area contributed by atoms with Crippen molar-refractivity contribution in [1.29, 1.82) is 0 Å². The molecule has 24 heavy (non-hydrogen) atoms. The van der Waals surface area contributed by atoms with Gasteiger partial charge in [0, 0.05) is 22.5 Å². The first-order chi connectivity index (χ1) is 11.6. The maximum absolute atomic E-state index is 12.3. The third-order valence-corrected chi connectivity index (χ3v) is 5.64. The van der Waals surface area contributed by atoms with Crippen LogP contribution in [0.3, 0.4) is 0 Å². The van der Waals surface area contributed by atoms with E-state index in [1.165, 1.54) is 43.6 Å². The van der Waals surface area contributed by atoms with E-state index in [1.807, 2.05) is 6.07 Å². The number of rotatable bonds is 6. The van der Waals surface area contributed by atoms with Crippen molar-refractivity contribution in [3.8, 4) is 0 Å². The molecular formula is C17H18N2O3S2. The molecule has 5 nitrogen and oxygen atoms in total. The Morgan fingerprint density at radius 3 is 2.92 bits per heavy atom. The lowest BCUT2D eigenvalue weighted by molar-refractivity contribution is 0.0473. The Bertz CT molecular complexity index is 923. The quantitative estimate of drug-likeness (QED) is 0.628. The number of carbonyl (C=O) groups is 1. The van der Waals surface area contributed by atoms with Crippen molar-refractivity contribution in [1.82, 2.24) is 9.38 Å². The fraction of sp³-hybridized carbons (Fsp3) is 0.353. The zero-order chi connectivity index (χ0) is 17.1. The van der Waals surface area contributed by atoms with Crippen LogP contribution in [-0.2, 0) is 24.2 Å². The summed E-state index contributed by atoms with van der Waals surface area (Å²) in [6.45, 7) is 4.22. The molecule has 0 amide bonds. The van der Waals surface area contributed by atoms with E-state index in [-0.39, 0.29) is 18.1 Å². The van der Waals surface area contributed by atoms with Gasteiger partial charge in [-0.1, -0.05) is 20.3 Å². The van der Waals surface area contributed by atoms with Crippen molar-refractivity contribution < 1.29 is 9.53 Å². The van der Waals surface area contributed by atoms with E-state index in [0.717, 1.165) is 19.3 Å². The van der Waals surface area contributed by atoms with Gasteiger partial charge < -0.3 is 4.74 Å². The first kappa shape index (κ1) is 16.9. The number of aryl methyl sites for hydroxylation is 2. The number of carbonyl (C=O) groups excluding carboxylic acids is 1. The van der Waals surface area contributed by atoms with Crippen molar-refractivity contribution >= 4 is 33.6 Å². The monoisotopic (exact) mass is 362 g/mol. The molecule has 3 rings (SSSR count). The van der Waals surface area contributed by atoms with Gasteiger partial charge in [0.05, 0.1) is 5.69 Å². The number of aromatic nitrogens is 2. The molecule has 0 unspecified atom stereocenters. The van der Waals surface area contributed by atoms with Crippen LogP contribution < -0.4 is 5.56 Å². The van der Waals surface area contributed by atoms with Crippen molar-refractivity contribution in [2.24, 2.45) is 0 Å². The molecule has 7 heteroatoms. The lowest BCUT2D eigenvalue weighted by Gasteiger charge is -2.03. The summed E-state index contributed by atoms with van der Waals surface area (Å²) in [7, 11) is 0. The Morgan fingerprint density at radius 2 is 2.17 bits per heavy atom. The van der Waals surface area contributed by atoms with Gasteiger partial charge in [-0.05, 0) is 24.5 Å². The summed E-state index contributed by atoms with van der Waals surface area (Å²) < 4.78 is 6.82. The van der Waals surface area contributed by atoms with Crippen LogP contribution in [-0.4, -0.2) is 15.4 Å². The summed E-state index contributed by atoms with van der Waals surface area (Å²) in [4.78, 5) is 31.0. The van der Waals surface area contributed by atoms with Gasteiger partial charge >= 0.3 is 5.97 Å². The second-order valence-corrected chi connectivity index (χ2v) is 7.39. The number of fused-ring (bicyclic) bond motifs is 1. The Labute approximate surface area is 147 Å². The molecule has 0 saturated heterocycles. The summed E-state index contributed by atoms with van der Waals surface area (Å²) in [6.07, 6.45) is 4.62. The molecule has 0 bridgehead atoms. The Morgan fingerprint density at radius 1 is 1.33 bits per heavy atom. The molecule has 0 radical (unpaired) electrons. The van der Waals surface area contributed by atoms with Crippen LogP contribution in [0, 0.1) is 0 Å². The molecule has 0 aliphatic rings. The van der Waals surface area contributed by atoms with Crippen molar-refractivity contribution in [3.63, 3.8) is 0 Å². The van der Waals surface area contributed by atoms with Gasteiger partial charge in [-0.15, -0.1) is 22.7 Å². The number of ether oxygens (including phenoxy) is 1. The molecule has 3 heterocycles. The highest BCUT2D eigenvalue weighted by atomic mass is 32.1. The standard InChI is InChI=1S/C17H18N2O3S2/c1-3-5-13-11(4-2)8-14(24-13)16(21)22-10-12-9-15(20)19-6-7-23-17(19)18-12/h6-9H,3-5,10H2,1-2H3. The van der Waals surface area contributed by atoms with Crippen LogP contribution in [0.5, 0.6) is 0 Å². The number of esters is 1. The summed E-state index contributed by atoms with van der Waals surface area (Å²) in [5, 5.41) is 1.80. The van der Waals surface area contributed by atoms with Crippen molar-refractivity contribution in [2.75, 3.05) is 0 Å². The van der Waals surface area contributed by atoms with E-state index in [0.29, 0.717) is 15.5 Å². The minimum atomic E-state index is -0.356. The SMILES string of the molecule is CCCc1sc(C(=O)OCc2cc(=O)n3ccsc3n2)cc1CC. The van der Waals surface area contributed by atoms with Gasteiger partial charge in [-0.25, -0.2) is 9.78 Å². The number of hydrogen-bond donors (Lipinski definition) is 0.